The predicted octanol–water partition coefficient (Wildman–Crippen LogP) is 4.69. The molecule has 22 heavy (non-hydrogen) atoms. The summed E-state index contributed by atoms with van der Waals surface area (Å²) in [7, 11) is 0. The van der Waals surface area contributed by atoms with Crippen molar-refractivity contribution in [3.8, 4) is 11.5 Å². The minimum absolute atomic E-state index is 0.315. The third-order valence-corrected chi connectivity index (χ3v) is 3.90. The maximum absolute atomic E-state index is 12.0. The maximum Gasteiger partial charge on any atom is 0.342 e. The summed E-state index contributed by atoms with van der Waals surface area (Å²) in [6, 6.07) is 9.59. The van der Waals surface area contributed by atoms with Crippen molar-refractivity contribution in [2.45, 2.75) is 25.7 Å². The van der Waals surface area contributed by atoms with Crippen LogP contribution < -0.4 is 4.74 Å². The number of nitrogens with zero attached hydrogens (tertiary/aromatic N) is 1. The number of benzene rings is 1. The molecule has 1 aliphatic rings. The first-order valence-electron chi connectivity index (χ1n) is 7.28. The Balaban J connectivity index is 1.88. The third-order valence-electron chi connectivity index (χ3n) is 3.46. The van der Waals surface area contributed by atoms with E-state index in [2.05, 4.69) is 27.0 Å². The minimum Gasteiger partial charge on any atom is -0.462 e. The number of ether oxygens (including phenoxy) is 2. The fraction of sp³-hybridized carbons (Fsp3) is 0.294. The SMILES string of the molecule is CCOC(=O)c1cc(Br)ncc1Oc1cccc(C2CC2)c1. The summed E-state index contributed by atoms with van der Waals surface area (Å²) in [5.41, 5.74) is 1.64. The molecule has 3 rings (SSSR count). The predicted molar refractivity (Wildman–Crippen MR) is 86.4 cm³/mol. The highest BCUT2D eigenvalue weighted by Gasteiger charge is 2.24. The van der Waals surface area contributed by atoms with Crippen molar-refractivity contribution >= 4 is 21.9 Å². The normalized spacial score (nSPS) is 13.7. The Kier molecular flexibility index (Phi) is 4.43. The fourth-order valence-electron chi connectivity index (χ4n) is 2.24. The number of hydrogen-bond acceptors (Lipinski definition) is 4. The number of rotatable bonds is 5. The van der Waals surface area contributed by atoms with E-state index in [0.717, 1.165) is 0 Å². The Labute approximate surface area is 137 Å². The molecule has 0 aliphatic heterocycles. The summed E-state index contributed by atoms with van der Waals surface area (Å²) in [4.78, 5) is 16.2. The van der Waals surface area contributed by atoms with Gasteiger partial charge in [0, 0.05) is 0 Å². The zero-order valence-corrected chi connectivity index (χ0v) is 13.8. The van der Waals surface area contributed by atoms with Gasteiger partial charge >= 0.3 is 5.97 Å². The first-order chi connectivity index (χ1) is 10.7. The molecular formula is C17H16BrNO3. The summed E-state index contributed by atoms with van der Waals surface area (Å²) in [6.07, 6.45) is 3.99. The summed E-state index contributed by atoms with van der Waals surface area (Å²) >= 11 is 3.27. The second kappa shape index (κ2) is 6.48. The molecule has 0 bridgehead atoms. The molecule has 0 spiro atoms. The van der Waals surface area contributed by atoms with Gasteiger partial charge in [-0.1, -0.05) is 12.1 Å². The molecule has 2 aromatic rings. The first kappa shape index (κ1) is 15.0. The standard InChI is InChI=1S/C17H16BrNO3/c1-2-21-17(20)14-9-16(18)19-10-15(14)22-13-5-3-4-12(8-13)11-6-7-11/h3-5,8-11H,2,6-7H2,1H3. The lowest BCUT2D eigenvalue weighted by Crippen LogP contribution is -2.07. The number of aromatic nitrogens is 1. The molecule has 0 atom stereocenters. The molecule has 5 heteroatoms. The third kappa shape index (κ3) is 3.47. The van der Waals surface area contributed by atoms with E-state index >= 15 is 0 Å². The van der Waals surface area contributed by atoms with Gasteiger partial charge in [0.2, 0.25) is 0 Å². The smallest absolute Gasteiger partial charge is 0.342 e. The van der Waals surface area contributed by atoms with E-state index in [0.29, 0.717) is 34.2 Å². The molecule has 1 aromatic heterocycles. The van der Waals surface area contributed by atoms with Crippen molar-refractivity contribution in [3.63, 3.8) is 0 Å². The van der Waals surface area contributed by atoms with Gasteiger partial charge < -0.3 is 9.47 Å². The van der Waals surface area contributed by atoms with Crippen molar-refractivity contribution in [2.24, 2.45) is 0 Å². The van der Waals surface area contributed by atoms with Gasteiger partial charge in [0.25, 0.3) is 0 Å². The van der Waals surface area contributed by atoms with Gasteiger partial charge in [-0.15, -0.1) is 0 Å². The Morgan fingerprint density at radius 2 is 2.18 bits per heavy atom. The summed E-state index contributed by atoms with van der Waals surface area (Å²) in [5, 5.41) is 0. The maximum atomic E-state index is 12.0. The lowest BCUT2D eigenvalue weighted by Gasteiger charge is -2.11. The Morgan fingerprint density at radius 1 is 1.36 bits per heavy atom. The first-order valence-corrected chi connectivity index (χ1v) is 8.07. The second-order valence-corrected chi connectivity index (χ2v) is 5.98. The fourth-order valence-corrected chi connectivity index (χ4v) is 2.57. The zero-order valence-electron chi connectivity index (χ0n) is 12.2. The molecule has 0 saturated heterocycles. The number of pyridine rings is 1. The van der Waals surface area contributed by atoms with Crippen LogP contribution >= 0.6 is 15.9 Å². The lowest BCUT2D eigenvalue weighted by molar-refractivity contribution is 0.0523. The molecular weight excluding hydrogens is 346 g/mol. The van der Waals surface area contributed by atoms with E-state index in [-0.39, 0.29) is 0 Å². The highest BCUT2D eigenvalue weighted by atomic mass is 79.9. The number of halogens is 1. The average molecular weight is 362 g/mol. The molecule has 1 aromatic carbocycles. The van der Waals surface area contributed by atoms with Crippen molar-refractivity contribution < 1.29 is 14.3 Å². The van der Waals surface area contributed by atoms with E-state index in [1.54, 1.807) is 13.0 Å². The van der Waals surface area contributed by atoms with E-state index in [4.69, 9.17) is 9.47 Å². The van der Waals surface area contributed by atoms with Crippen LogP contribution in [-0.2, 0) is 4.74 Å². The zero-order chi connectivity index (χ0) is 15.5. The molecule has 0 unspecified atom stereocenters. The van der Waals surface area contributed by atoms with Crippen LogP contribution in [0.5, 0.6) is 11.5 Å². The molecule has 1 aliphatic carbocycles. The molecule has 0 radical (unpaired) electrons. The average Bonchev–Trinajstić information content (AvgIpc) is 3.34. The molecule has 0 N–H and O–H groups in total. The molecule has 1 fully saturated rings. The van der Waals surface area contributed by atoms with Gasteiger partial charge in [0.05, 0.1) is 12.8 Å². The minimum atomic E-state index is -0.418. The van der Waals surface area contributed by atoms with Crippen LogP contribution in [0.2, 0.25) is 0 Å². The van der Waals surface area contributed by atoms with Gasteiger partial charge in [-0.2, -0.15) is 0 Å². The highest BCUT2D eigenvalue weighted by Crippen LogP contribution is 2.41. The molecule has 4 nitrogen and oxygen atoms in total. The van der Waals surface area contributed by atoms with E-state index < -0.39 is 5.97 Å². The van der Waals surface area contributed by atoms with Gasteiger partial charge in [-0.25, -0.2) is 9.78 Å². The molecule has 0 amide bonds. The van der Waals surface area contributed by atoms with Gasteiger partial charge in [-0.05, 0) is 65.4 Å². The van der Waals surface area contributed by atoms with Gasteiger partial charge in [-0.3, -0.25) is 0 Å². The van der Waals surface area contributed by atoms with E-state index in [1.165, 1.54) is 24.6 Å². The Hall–Kier alpha value is -1.88. The number of esters is 1. The quantitative estimate of drug-likeness (QED) is 0.572. The van der Waals surface area contributed by atoms with Crippen LogP contribution in [0.4, 0.5) is 0 Å². The summed E-state index contributed by atoms with van der Waals surface area (Å²) in [5.74, 6) is 1.34. The Bertz CT molecular complexity index is 698. The number of hydrogen-bond donors (Lipinski definition) is 0. The summed E-state index contributed by atoms with van der Waals surface area (Å²) < 4.78 is 11.5. The second-order valence-electron chi connectivity index (χ2n) is 5.17. The molecule has 114 valence electrons. The van der Waals surface area contributed by atoms with Crippen molar-refractivity contribution in [2.75, 3.05) is 6.61 Å². The van der Waals surface area contributed by atoms with Crippen LogP contribution in [0.15, 0.2) is 41.1 Å². The van der Waals surface area contributed by atoms with Crippen LogP contribution in [0, 0.1) is 0 Å². The van der Waals surface area contributed by atoms with Crippen molar-refractivity contribution in [1.82, 2.24) is 4.98 Å². The Morgan fingerprint density at radius 3 is 2.91 bits per heavy atom. The van der Waals surface area contributed by atoms with Crippen molar-refractivity contribution in [1.29, 1.82) is 0 Å². The molecule has 1 heterocycles. The van der Waals surface area contributed by atoms with Crippen LogP contribution in [0.25, 0.3) is 0 Å². The van der Waals surface area contributed by atoms with E-state index in [1.807, 2.05) is 18.2 Å². The topological polar surface area (TPSA) is 48.4 Å². The van der Waals surface area contributed by atoms with Gasteiger partial charge in [0.15, 0.2) is 5.75 Å². The summed E-state index contributed by atoms with van der Waals surface area (Å²) in [6.45, 7) is 2.09. The van der Waals surface area contributed by atoms with E-state index in [9.17, 15) is 4.79 Å². The van der Waals surface area contributed by atoms with Crippen LogP contribution in [0.1, 0.15) is 41.6 Å². The monoisotopic (exact) mass is 361 g/mol. The lowest BCUT2D eigenvalue weighted by atomic mass is 10.1. The highest BCUT2D eigenvalue weighted by molar-refractivity contribution is 9.10. The molecule has 1 saturated carbocycles. The van der Waals surface area contributed by atoms with Gasteiger partial charge in [0.1, 0.15) is 15.9 Å². The van der Waals surface area contributed by atoms with Crippen molar-refractivity contribution in [3.05, 3.63) is 52.3 Å². The van der Waals surface area contributed by atoms with Crippen LogP contribution in [0.3, 0.4) is 0 Å². The number of carbonyl (C=O) groups excluding carboxylic acids is 1. The largest absolute Gasteiger partial charge is 0.462 e. The number of carbonyl (C=O) groups is 1. The van der Waals surface area contributed by atoms with Crippen LogP contribution in [-0.4, -0.2) is 17.6 Å².